The summed E-state index contributed by atoms with van der Waals surface area (Å²) < 4.78 is 64.3. The topological polar surface area (TPSA) is 92.3 Å². The van der Waals surface area contributed by atoms with Crippen LogP contribution in [0.5, 0.6) is 0 Å². The highest BCUT2D eigenvalue weighted by molar-refractivity contribution is 6.89. The van der Waals surface area contributed by atoms with Gasteiger partial charge in [-0.15, -0.1) is 0 Å². The first kappa shape index (κ1) is 37.2. The van der Waals surface area contributed by atoms with Crippen LogP contribution in [0, 0.1) is 0 Å². The van der Waals surface area contributed by atoms with Crippen molar-refractivity contribution in [1.82, 2.24) is 0 Å². The van der Waals surface area contributed by atoms with Crippen LogP contribution < -0.4 is 0 Å². The van der Waals surface area contributed by atoms with E-state index in [2.05, 4.69) is 91.7 Å². The van der Waals surface area contributed by atoms with Crippen molar-refractivity contribution in [3.8, 4) is 0 Å². The van der Waals surface area contributed by atoms with E-state index in [0.29, 0.717) is 0 Å². The second-order valence-corrected chi connectivity index (χ2v) is 45.8. The van der Waals surface area contributed by atoms with Gasteiger partial charge in [0.2, 0.25) is 0 Å². The Hall–Kier alpha value is 1.99. The van der Waals surface area contributed by atoms with Crippen molar-refractivity contribution in [1.29, 1.82) is 0 Å². The van der Waals surface area contributed by atoms with Crippen LogP contribution in [0.2, 0.25) is 116 Å². The van der Waals surface area contributed by atoms with Gasteiger partial charge in [0.15, 0.2) is 16.6 Å². The standard InChI is InChI=1S/C18H56O10Si11/c1-29-19-31(3)23-38(13,24-32(4)20-29)17-15-35(7,8)27-37(11,12)28-36(9,10)16-18-39(14)25-33(5)21-30(2)22-34(6)26-39/h29-34H,15-18H2,1-14H3. The van der Waals surface area contributed by atoms with E-state index in [1.165, 1.54) is 0 Å². The van der Waals surface area contributed by atoms with E-state index >= 15 is 0 Å². The Morgan fingerprint density at radius 1 is 0.487 bits per heavy atom. The fourth-order valence-electron chi connectivity index (χ4n) is 5.46. The molecule has 2 rings (SSSR count). The molecule has 10 nitrogen and oxygen atoms in total. The Balaban J connectivity index is 1.95. The number of rotatable bonds is 10. The molecule has 0 spiro atoms. The summed E-state index contributed by atoms with van der Waals surface area (Å²) >= 11 is 0. The molecule has 0 bridgehead atoms. The highest BCUT2D eigenvalue weighted by Crippen LogP contribution is 2.32. The van der Waals surface area contributed by atoms with Crippen LogP contribution in [-0.4, -0.2) is 98.0 Å². The highest BCUT2D eigenvalue weighted by atomic mass is 28.5. The van der Waals surface area contributed by atoms with Gasteiger partial charge in [0, 0.05) is 0 Å². The van der Waals surface area contributed by atoms with E-state index in [1.807, 2.05) is 0 Å². The summed E-state index contributed by atoms with van der Waals surface area (Å²) in [6.45, 7) is 30.5. The van der Waals surface area contributed by atoms with Gasteiger partial charge in [0.25, 0.3) is 55.7 Å². The van der Waals surface area contributed by atoms with Crippen molar-refractivity contribution in [2.24, 2.45) is 0 Å². The van der Waals surface area contributed by atoms with Gasteiger partial charge in [-0.25, -0.2) is 0 Å². The lowest BCUT2D eigenvalue weighted by atomic mass is 10.9. The van der Waals surface area contributed by atoms with E-state index < -0.39 is 98.0 Å². The van der Waals surface area contributed by atoms with Crippen LogP contribution in [0.25, 0.3) is 0 Å². The zero-order chi connectivity index (χ0) is 29.9. The van der Waals surface area contributed by atoms with Gasteiger partial charge in [-0.3, -0.25) is 0 Å². The molecule has 21 heteroatoms. The average Bonchev–Trinajstić information content (AvgIpc) is 2.66. The van der Waals surface area contributed by atoms with Crippen LogP contribution >= 0.6 is 0 Å². The first-order chi connectivity index (χ1) is 17.6. The molecule has 2 saturated heterocycles. The molecule has 2 fully saturated rings. The van der Waals surface area contributed by atoms with Crippen molar-refractivity contribution in [2.45, 2.75) is 116 Å². The summed E-state index contributed by atoms with van der Waals surface area (Å²) in [5.41, 5.74) is 0. The summed E-state index contributed by atoms with van der Waals surface area (Å²) in [6, 6.07) is 3.77. The quantitative estimate of drug-likeness (QED) is 0.310. The summed E-state index contributed by atoms with van der Waals surface area (Å²) in [4.78, 5) is 0. The molecule has 0 aliphatic carbocycles. The monoisotopic (exact) mass is 740 g/mol. The summed E-state index contributed by atoms with van der Waals surface area (Å²) in [6.07, 6.45) is 0. The average molecular weight is 742 g/mol. The van der Waals surface area contributed by atoms with Gasteiger partial charge in [-0.05, 0) is 116 Å². The van der Waals surface area contributed by atoms with E-state index in [0.717, 1.165) is 24.2 Å². The minimum absolute atomic E-state index is 0.906. The lowest BCUT2D eigenvalue weighted by molar-refractivity contribution is 0.273. The largest absolute Gasteiger partial charge is 0.437 e. The molecular formula is C18H56O10Si11. The lowest BCUT2D eigenvalue weighted by Crippen LogP contribution is -2.56. The third kappa shape index (κ3) is 14.1. The van der Waals surface area contributed by atoms with E-state index in [9.17, 15) is 0 Å². The summed E-state index contributed by atoms with van der Waals surface area (Å²) in [5, 5.41) is 0. The first-order valence-electron chi connectivity index (χ1n) is 14.3. The molecule has 0 radical (unpaired) electrons. The predicted molar refractivity (Wildman–Crippen MR) is 184 cm³/mol. The molecule has 39 heavy (non-hydrogen) atoms. The predicted octanol–water partition coefficient (Wildman–Crippen LogP) is 3.54. The fourth-order valence-corrected chi connectivity index (χ4v) is 53.7. The second kappa shape index (κ2) is 14.8. The van der Waals surface area contributed by atoms with Crippen molar-refractivity contribution in [2.75, 3.05) is 0 Å². The molecule has 4 atom stereocenters. The molecule has 0 aromatic heterocycles. The lowest BCUT2D eigenvalue weighted by Gasteiger charge is -2.42. The van der Waals surface area contributed by atoms with E-state index in [4.69, 9.17) is 41.2 Å². The third-order valence-corrected chi connectivity index (χ3v) is 46.7. The maximum atomic E-state index is 6.92. The molecule has 0 amide bonds. The Kier molecular flexibility index (Phi) is 14.1. The smallest absolute Gasteiger partial charge is 0.316 e. The van der Waals surface area contributed by atoms with Gasteiger partial charge in [0.05, 0.1) is 0 Å². The maximum Gasteiger partial charge on any atom is 0.316 e. The molecule has 2 heterocycles. The normalized spacial score (nSPS) is 38.0. The number of hydrogen-bond acceptors (Lipinski definition) is 10. The first-order valence-corrected chi connectivity index (χ1v) is 41.0. The SMILES string of the molecule is C[SiH]1O[SiH](C)O[Si](C)(CC[Si](C)(C)O[Si](C)(C)O[Si](C)(C)CC[Si]2(C)O[SiH](C)O[SiH](C)O[SiH](C)O2)O[SiH](C)O1. The van der Waals surface area contributed by atoms with Crippen LogP contribution in [0.15, 0.2) is 0 Å². The van der Waals surface area contributed by atoms with Crippen molar-refractivity contribution in [3.63, 3.8) is 0 Å². The summed E-state index contributed by atoms with van der Waals surface area (Å²) in [7, 11) is -21.4. The molecule has 4 unspecified atom stereocenters. The van der Waals surface area contributed by atoms with Crippen LogP contribution in [0.3, 0.4) is 0 Å². The number of hydrogen-bond donors (Lipinski definition) is 0. The maximum absolute atomic E-state index is 6.92. The van der Waals surface area contributed by atoms with Gasteiger partial charge in [-0.2, -0.15) is 0 Å². The third-order valence-electron chi connectivity index (χ3n) is 6.60. The molecule has 232 valence electrons. The van der Waals surface area contributed by atoms with Crippen molar-refractivity contribution < 1.29 is 41.2 Å². The minimum Gasteiger partial charge on any atom is -0.437 e. The van der Waals surface area contributed by atoms with Gasteiger partial charge in [-0.1, -0.05) is 0 Å². The molecule has 0 N–H and O–H groups in total. The van der Waals surface area contributed by atoms with Crippen LogP contribution in [0.4, 0.5) is 0 Å². The van der Waals surface area contributed by atoms with Crippen LogP contribution in [0.1, 0.15) is 0 Å². The second-order valence-electron chi connectivity index (χ2n) is 12.8. The molecule has 2 aliphatic heterocycles. The van der Waals surface area contributed by atoms with Gasteiger partial charge in [0.1, 0.15) is 0 Å². The molecule has 0 saturated carbocycles. The Labute approximate surface area is 253 Å². The van der Waals surface area contributed by atoms with Crippen molar-refractivity contribution >= 4 is 98.0 Å². The van der Waals surface area contributed by atoms with Gasteiger partial charge >= 0.3 is 25.7 Å². The molecular weight excluding hydrogens is 685 g/mol. The zero-order valence-electron chi connectivity index (χ0n) is 26.9. The Morgan fingerprint density at radius 2 is 0.744 bits per heavy atom. The molecule has 0 aromatic carbocycles. The fraction of sp³-hybridized carbons (Fsp3) is 1.00. The zero-order valence-corrected chi connectivity index (χ0v) is 38.8. The molecule has 2 aliphatic rings. The Morgan fingerprint density at radius 3 is 1.00 bits per heavy atom. The summed E-state index contributed by atoms with van der Waals surface area (Å²) in [5.74, 6) is 0. The highest BCUT2D eigenvalue weighted by Gasteiger charge is 2.46. The van der Waals surface area contributed by atoms with Crippen molar-refractivity contribution in [3.05, 3.63) is 0 Å². The van der Waals surface area contributed by atoms with Crippen LogP contribution in [-0.2, 0) is 41.2 Å². The van der Waals surface area contributed by atoms with E-state index in [-0.39, 0.29) is 0 Å². The minimum atomic E-state index is -2.37. The Bertz CT molecular complexity index is 694. The molecule has 0 aromatic rings. The van der Waals surface area contributed by atoms with Gasteiger partial charge < -0.3 is 41.2 Å². The van der Waals surface area contributed by atoms with E-state index in [1.54, 1.807) is 0 Å².